The molecule has 0 aliphatic heterocycles. The summed E-state index contributed by atoms with van der Waals surface area (Å²) >= 11 is 1.79. The zero-order valence-electron chi connectivity index (χ0n) is 27.6. The van der Waals surface area contributed by atoms with Gasteiger partial charge >= 0.3 is 0 Å². The van der Waals surface area contributed by atoms with E-state index in [9.17, 15) is 5.26 Å². The van der Waals surface area contributed by atoms with Crippen LogP contribution in [0, 0.1) is 11.3 Å². The molecule has 0 aliphatic rings. The number of hydrogen-bond donors (Lipinski definition) is 0. The molecular weight excluding hydrogens is 657 g/mol. The first-order chi connectivity index (χ1) is 25.7. The number of aromatic nitrogens is 3. The Labute approximate surface area is 302 Å². The fourth-order valence-corrected chi connectivity index (χ4v) is 8.26. The number of rotatable bonds is 5. The van der Waals surface area contributed by atoms with Gasteiger partial charge in [0.25, 0.3) is 0 Å². The maximum atomic E-state index is 10.1. The van der Waals surface area contributed by atoms with Crippen LogP contribution in [-0.2, 0) is 0 Å². The van der Waals surface area contributed by atoms with E-state index in [1.165, 1.54) is 20.2 Å². The lowest BCUT2D eigenvalue weighted by molar-refractivity contribution is 0.669. The van der Waals surface area contributed by atoms with Crippen molar-refractivity contribution in [3.05, 3.63) is 163 Å². The van der Waals surface area contributed by atoms with Crippen LogP contribution in [0.2, 0.25) is 0 Å². The minimum atomic E-state index is 0.574. The van der Waals surface area contributed by atoms with Crippen LogP contribution in [0.15, 0.2) is 162 Å². The molecule has 10 aromatic rings. The molecule has 0 unspecified atom stereocenters. The number of fused-ring (bicyclic) bond motifs is 6. The van der Waals surface area contributed by atoms with Gasteiger partial charge in [0.1, 0.15) is 11.2 Å². The highest BCUT2D eigenvalue weighted by molar-refractivity contribution is 7.26. The molecule has 52 heavy (non-hydrogen) atoms. The van der Waals surface area contributed by atoms with Gasteiger partial charge < -0.3 is 4.42 Å². The third kappa shape index (κ3) is 5.11. The number of nitrogens with zero attached hydrogens (tertiary/aromatic N) is 4. The van der Waals surface area contributed by atoms with E-state index in [1.54, 1.807) is 11.3 Å². The molecule has 6 heteroatoms. The summed E-state index contributed by atoms with van der Waals surface area (Å²) in [4.78, 5) is 14.6. The number of hydrogen-bond acceptors (Lipinski definition) is 6. The SMILES string of the molecule is N#Cc1cc(-c2ccc3oc4cc(-c5nc(-c6ccccc6)nc(-c6ccccc6)n5)ccc4c3c2)cc(-c2cccc3c2sc2ccccc23)c1. The molecule has 0 atom stereocenters. The average Bonchev–Trinajstić information content (AvgIpc) is 3.79. The minimum Gasteiger partial charge on any atom is -0.456 e. The molecule has 0 radical (unpaired) electrons. The molecule has 0 saturated carbocycles. The Kier molecular flexibility index (Phi) is 6.98. The zero-order chi connectivity index (χ0) is 34.6. The van der Waals surface area contributed by atoms with Crippen LogP contribution < -0.4 is 0 Å². The fraction of sp³-hybridized carbons (Fsp3) is 0. The Bertz CT molecular complexity index is 2970. The second-order valence-electron chi connectivity index (χ2n) is 12.8. The van der Waals surface area contributed by atoms with Gasteiger partial charge in [-0.1, -0.05) is 109 Å². The van der Waals surface area contributed by atoms with Gasteiger partial charge in [0, 0.05) is 47.6 Å². The maximum Gasteiger partial charge on any atom is 0.164 e. The van der Waals surface area contributed by atoms with Gasteiger partial charge in [-0.25, -0.2) is 15.0 Å². The van der Waals surface area contributed by atoms with Gasteiger partial charge in [-0.3, -0.25) is 0 Å². The predicted octanol–water partition coefficient (Wildman–Crippen LogP) is 12.3. The molecule has 10 rings (SSSR count). The van der Waals surface area contributed by atoms with Crippen molar-refractivity contribution in [1.82, 2.24) is 15.0 Å². The van der Waals surface area contributed by atoms with Gasteiger partial charge in [0.05, 0.1) is 11.6 Å². The minimum absolute atomic E-state index is 0.574. The summed E-state index contributed by atoms with van der Waals surface area (Å²) in [5.41, 5.74) is 8.97. The van der Waals surface area contributed by atoms with E-state index >= 15 is 0 Å². The van der Waals surface area contributed by atoms with Crippen LogP contribution in [0.4, 0.5) is 0 Å². The molecule has 0 aliphatic carbocycles. The van der Waals surface area contributed by atoms with E-state index in [1.807, 2.05) is 91.0 Å². The summed E-state index contributed by atoms with van der Waals surface area (Å²) in [6, 6.07) is 55.8. The van der Waals surface area contributed by atoms with Crippen LogP contribution in [0.5, 0.6) is 0 Å². The number of nitriles is 1. The molecule has 7 aromatic carbocycles. The smallest absolute Gasteiger partial charge is 0.164 e. The van der Waals surface area contributed by atoms with Gasteiger partial charge in [-0.15, -0.1) is 11.3 Å². The van der Waals surface area contributed by atoms with Crippen LogP contribution in [0.25, 0.3) is 98.5 Å². The fourth-order valence-electron chi connectivity index (χ4n) is 7.02. The molecular formula is C46H26N4OS. The highest BCUT2D eigenvalue weighted by Gasteiger charge is 2.17. The van der Waals surface area contributed by atoms with Crippen molar-refractivity contribution >= 4 is 53.4 Å². The Morgan fingerprint density at radius 3 is 1.85 bits per heavy atom. The zero-order valence-corrected chi connectivity index (χ0v) is 28.4. The van der Waals surface area contributed by atoms with E-state index in [4.69, 9.17) is 19.4 Å². The van der Waals surface area contributed by atoms with E-state index in [0.29, 0.717) is 23.0 Å². The molecule has 3 aromatic heterocycles. The van der Waals surface area contributed by atoms with Crippen LogP contribution >= 0.6 is 11.3 Å². The number of benzene rings is 7. The summed E-state index contributed by atoms with van der Waals surface area (Å²) in [5.74, 6) is 1.80. The lowest BCUT2D eigenvalue weighted by Gasteiger charge is -2.09. The van der Waals surface area contributed by atoms with Crippen LogP contribution in [0.3, 0.4) is 0 Å². The number of furan rings is 1. The Hall–Kier alpha value is -6.94. The molecule has 0 amide bonds. The molecule has 242 valence electrons. The summed E-state index contributed by atoms with van der Waals surface area (Å²) < 4.78 is 8.91. The normalized spacial score (nSPS) is 11.4. The lowest BCUT2D eigenvalue weighted by Crippen LogP contribution is -2.00. The summed E-state index contributed by atoms with van der Waals surface area (Å²) in [5, 5.41) is 14.6. The van der Waals surface area contributed by atoms with E-state index < -0.39 is 0 Å². The second kappa shape index (κ2) is 12.1. The monoisotopic (exact) mass is 682 g/mol. The quantitative estimate of drug-likeness (QED) is 0.181. The summed E-state index contributed by atoms with van der Waals surface area (Å²) in [6.45, 7) is 0. The highest BCUT2D eigenvalue weighted by Crippen LogP contribution is 2.42. The van der Waals surface area contributed by atoms with Crippen molar-refractivity contribution in [3.63, 3.8) is 0 Å². The third-order valence-corrected chi connectivity index (χ3v) is 10.8. The average molecular weight is 683 g/mol. The van der Waals surface area contributed by atoms with Gasteiger partial charge in [0.2, 0.25) is 0 Å². The van der Waals surface area contributed by atoms with E-state index in [2.05, 4.69) is 72.8 Å². The molecule has 0 spiro atoms. The maximum absolute atomic E-state index is 10.1. The second-order valence-corrected chi connectivity index (χ2v) is 13.8. The van der Waals surface area contributed by atoms with Crippen molar-refractivity contribution in [2.45, 2.75) is 0 Å². The largest absolute Gasteiger partial charge is 0.456 e. The van der Waals surface area contributed by atoms with Crippen LogP contribution in [0.1, 0.15) is 5.56 Å². The first kappa shape index (κ1) is 29.9. The summed E-state index contributed by atoms with van der Waals surface area (Å²) in [6.07, 6.45) is 0. The topological polar surface area (TPSA) is 75.6 Å². The Morgan fingerprint density at radius 2 is 1.10 bits per heavy atom. The van der Waals surface area contributed by atoms with Crippen molar-refractivity contribution in [1.29, 1.82) is 5.26 Å². The third-order valence-electron chi connectivity index (χ3n) is 9.54. The van der Waals surface area contributed by atoms with Gasteiger partial charge in [-0.05, 0) is 70.8 Å². The van der Waals surface area contributed by atoms with Crippen molar-refractivity contribution in [2.75, 3.05) is 0 Å². The highest BCUT2D eigenvalue weighted by atomic mass is 32.1. The lowest BCUT2D eigenvalue weighted by atomic mass is 9.95. The van der Waals surface area contributed by atoms with Gasteiger partial charge in [0.15, 0.2) is 17.5 Å². The number of thiophene rings is 1. The molecule has 0 fully saturated rings. The Morgan fingerprint density at radius 1 is 0.442 bits per heavy atom. The van der Waals surface area contributed by atoms with Crippen LogP contribution in [-0.4, -0.2) is 15.0 Å². The standard InChI is InChI=1S/C46H26N4OS/c47-27-28-22-33(24-34(23-28)35-15-9-16-38-37-14-7-8-17-42(37)52-43(35)38)31-19-21-40-39(25-31)36-20-18-32(26-41(36)51-40)46-49-44(29-10-3-1-4-11-29)48-45(50-46)30-12-5-2-6-13-30/h1-26H. The van der Waals surface area contributed by atoms with Gasteiger partial charge in [-0.2, -0.15) is 5.26 Å². The molecule has 3 heterocycles. The van der Waals surface area contributed by atoms with Crippen molar-refractivity contribution in [2.24, 2.45) is 0 Å². The molecule has 0 N–H and O–H groups in total. The summed E-state index contributed by atoms with van der Waals surface area (Å²) in [7, 11) is 0. The van der Waals surface area contributed by atoms with Crippen molar-refractivity contribution in [3.8, 4) is 62.5 Å². The van der Waals surface area contributed by atoms with E-state index in [0.717, 1.165) is 60.9 Å². The predicted molar refractivity (Wildman–Crippen MR) is 212 cm³/mol. The molecule has 0 saturated heterocycles. The molecule has 5 nitrogen and oxygen atoms in total. The first-order valence-corrected chi connectivity index (χ1v) is 17.8. The van der Waals surface area contributed by atoms with E-state index in [-0.39, 0.29) is 0 Å². The first-order valence-electron chi connectivity index (χ1n) is 17.0. The van der Waals surface area contributed by atoms with Crippen molar-refractivity contribution < 1.29 is 4.42 Å². The molecule has 0 bridgehead atoms. The Balaban J connectivity index is 1.07.